The van der Waals surface area contributed by atoms with E-state index >= 15 is 0 Å². The van der Waals surface area contributed by atoms with E-state index in [4.69, 9.17) is 5.11 Å². The van der Waals surface area contributed by atoms with Crippen molar-refractivity contribution < 1.29 is 43.7 Å². The Morgan fingerprint density at radius 2 is 1.15 bits per heavy atom. The van der Waals surface area contributed by atoms with Crippen LogP contribution in [0.25, 0.3) is 0 Å². The summed E-state index contributed by atoms with van der Waals surface area (Å²) >= 11 is 0. The van der Waals surface area contributed by atoms with Gasteiger partial charge >= 0.3 is 21.2 Å². The molecule has 40 heavy (non-hydrogen) atoms. The molecule has 4 unspecified atom stereocenters. The molecule has 2 aliphatic carbocycles. The lowest BCUT2D eigenvalue weighted by Crippen LogP contribution is -2.38. The first-order valence-corrected chi connectivity index (χ1v) is 17.1. The first-order valence-electron chi connectivity index (χ1n) is 13.9. The quantitative estimate of drug-likeness (QED) is 0.213. The summed E-state index contributed by atoms with van der Waals surface area (Å²) in [5, 5.41) is 15.4. The number of hydrogen-bond donors (Lipinski definition) is 6. The zero-order valence-electron chi connectivity index (χ0n) is 24.7. The summed E-state index contributed by atoms with van der Waals surface area (Å²) < 4.78 is 22.9. The fourth-order valence-corrected chi connectivity index (χ4v) is 10.8. The van der Waals surface area contributed by atoms with Gasteiger partial charge in [0.1, 0.15) is 0 Å². The number of rotatable bonds is 8. The van der Waals surface area contributed by atoms with Crippen LogP contribution in [0.2, 0.25) is 0 Å². The van der Waals surface area contributed by atoms with Gasteiger partial charge in [0.25, 0.3) is 5.08 Å². The van der Waals surface area contributed by atoms with Gasteiger partial charge in [-0.1, -0.05) is 41.5 Å². The molecule has 2 heterocycles. The number of carbonyl (C=O) groups is 1. The van der Waals surface area contributed by atoms with Crippen LogP contribution in [-0.4, -0.2) is 88.9 Å². The summed E-state index contributed by atoms with van der Waals surface area (Å²) in [6.45, 7) is 16.2. The number of nitrogens with zero attached hydrogens (tertiary/aromatic N) is 2. The van der Waals surface area contributed by atoms with Crippen molar-refractivity contribution in [1.82, 2.24) is 9.80 Å². The highest BCUT2D eigenvalue weighted by Gasteiger charge is 2.60. The molecule has 4 atom stereocenters. The van der Waals surface area contributed by atoms with E-state index in [0.29, 0.717) is 23.4 Å². The van der Waals surface area contributed by atoms with Crippen molar-refractivity contribution in [2.45, 2.75) is 110 Å². The van der Waals surface area contributed by atoms with E-state index < -0.39 is 32.7 Å². The van der Waals surface area contributed by atoms with Crippen molar-refractivity contribution in [3.63, 3.8) is 0 Å². The highest BCUT2D eigenvalue weighted by Crippen LogP contribution is 2.69. The molecule has 2 saturated carbocycles. The summed E-state index contributed by atoms with van der Waals surface area (Å²) in [5.41, 5.74) is 1.10. The number of carboxylic acid groups (broad SMARTS) is 1. The number of carboxylic acids is 1. The number of aliphatic hydroxyl groups is 1. The normalized spacial score (nSPS) is 33.6. The number of halogens is 1. The molecule has 236 valence electrons. The maximum Gasteiger partial charge on any atom is 0.369 e. The molecule has 0 amide bonds. The summed E-state index contributed by atoms with van der Waals surface area (Å²) in [7, 11) is -10.7. The lowest BCUT2D eigenvalue weighted by molar-refractivity contribution is -0.137. The number of aliphatic carboxylic acids is 1. The summed E-state index contributed by atoms with van der Waals surface area (Å²) in [6, 6.07) is 0.828. The summed E-state index contributed by atoms with van der Waals surface area (Å²) in [6.07, 6.45) is 6.31. The van der Waals surface area contributed by atoms with Crippen molar-refractivity contribution in [2.75, 3.05) is 26.2 Å². The molecule has 14 heteroatoms. The number of hydrogen-bond acceptors (Lipinski definition) is 6. The van der Waals surface area contributed by atoms with Crippen molar-refractivity contribution >= 4 is 33.6 Å². The number of fused-ring (bicyclic) bond motifs is 4. The molecule has 0 aromatic carbocycles. The van der Waals surface area contributed by atoms with E-state index in [0.717, 1.165) is 32.4 Å². The predicted molar refractivity (Wildman–Crippen MR) is 155 cm³/mol. The molecule has 4 bridgehead atoms. The maximum absolute atomic E-state index is 11.4. The Kier molecular flexibility index (Phi) is 10.7. The molecular formula is C26H51ClN2O9P2. The van der Waals surface area contributed by atoms with Gasteiger partial charge in [-0.3, -0.25) is 23.7 Å². The molecule has 0 radical (unpaired) electrons. The lowest BCUT2D eigenvalue weighted by Gasteiger charge is -2.40. The van der Waals surface area contributed by atoms with Crippen LogP contribution < -0.4 is 0 Å². The second-order valence-corrected chi connectivity index (χ2v) is 19.1. The van der Waals surface area contributed by atoms with Crippen molar-refractivity contribution in [3.05, 3.63) is 0 Å². The van der Waals surface area contributed by atoms with Gasteiger partial charge < -0.3 is 29.8 Å². The van der Waals surface area contributed by atoms with Crippen LogP contribution in [0, 0.1) is 21.7 Å². The monoisotopic (exact) mass is 632 g/mol. The second kappa shape index (κ2) is 11.8. The van der Waals surface area contributed by atoms with Gasteiger partial charge in [0, 0.05) is 44.7 Å². The third kappa shape index (κ3) is 8.31. The van der Waals surface area contributed by atoms with Gasteiger partial charge in [-0.15, -0.1) is 12.4 Å². The standard InChI is InChI=1S/C13H27NO7P2.C13H23NO2.ClH/c1-11(2)6-10-7-12(3,8-11)9-14(10)5-4-13(15,22(16,17)18)23(19,20)21;1-12(2)6-10-7-13(3,8-12)9-14(10)5-4-11(15)16;/h10,15H,4-9H2,1-3H3,(H2,16,17,18)(H2,19,20,21);10H,4-9H2,1-3H3,(H,15,16);1H. The van der Waals surface area contributed by atoms with Crippen LogP contribution in [0.1, 0.15) is 92.9 Å². The molecular weight excluding hydrogens is 582 g/mol. The van der Waals surface area contributed by atoms with Gasteiger partial charge in [0.05, 0.1) is 6.42 Å². The average molecular weight is 633 g/mol. The molecule has 4 fully saturated rings. The predicted octanol–water partition coefficient (Wildman–Crippen LogP) is 4.06. The lowest BCUT2D eigenvalue weighted by atomic mass is 9.65. The van der Waals surface area contributed by atoms with E-state index in [1.807, 2.05) is 4.90 Å². The maximum atomic E-state index is 11.4. The van der Waals surface area contributed by atoms with Crippen LogP contribution in [0.4, 0.5) is 0 Å². The first-order chi connectivity index (χ1) is 17.4. The number of likely N-dealkylation sites (tertiary alicyclic amines) is 2. The molecule has 11 nitrogen and oxygen atoms in total. The average Bonchev–Trinajstić information content (AvgIpc) is 3.08. The minimum Gasteiger partial charge on any atom is -0.481 e. The van der Waals surface area contributed by atoms with Gasteiger partial charge in [0.15, 0.2) is 0 Å². The topological polar surface area (TPSA) is 179 Å². The molecule has 0 spiro atoms. The third-order valence-corrected chi connectivity index (χ3v) is 13.2. The fourth-order valence-electron chi connectivity index (χ4n) is 8.67. The van der Waals surface area contributed by atoms with Crippen LogP contribution in [-0.2, 0) is 13.9 Å². The molecule has 6 N–H and O–H groups in total. The van der Waals surface area contributed by atoms with Crippen LogP contribution >= 0.6 is 27.6 Å². The highest BCUT2D eigenvalue weighted by molar-refractivity contribution is 7.72. The van der Waals surface area contributed by atoms with E-state index in [1.165, 1.54) is 19.3 Å². The minimum atomic E-state index is -5.37. The first kappa shape index (κ1) is 36.1. The van der Waals surface area contributed by atoms with E-state index in [-0.39, 0.29) is 42.2 Å². The molecule has 4 rings (SSSR count). The van der Waals surface area contributed by atoms with Gasteiger partial charge in [-0.2, -0.15) is 0 Å². The molecule has 0 aromatic heterocycles. The van der Waals surface area contributed by atoms with E-state index in [2.05, 4.69) is 46.4 Å². The Morgan fingerprint density at radius 3 is 1.50 bits per heavy atom. The Labute approximate surface area is 244 Å². The summed E-state index contributed by atoms with van der Waals surface area (Å²) in [4.78, 5) is 51.9. The Hall–Kier alpha value is -0.0600. The van der Waals surface area contributed by atoms with E-state index in [9.17, 15) is 38.6 Å². The van der Waals surface area contributed by atoms with Gasteiger partial charge in [-0.25, -0.2) is 0 Å². The van der Waals surface area contributed by atoms with Crippen molar-refractivity contribution in [2.24, 2.45) is 21.7 Å². The van der Waals surface area contributed by atoms with Crippen molar-refractivity contribution in [1.29, 1.82) is 0 Å². The Bertz CT molecular complexity index is 1010. The zero-order chi connectivity index (χ0) is 29.9. The van der Waals surface area contributed by atoms with Crippen molar-refractivity contribution in [3.8, 4) is 0 Å². The third-order valence-electron chi connectivity index (χ3n) is 9.33. The van der Waals surface area contributed by atoms with Gasteiger partial charge in [-0.05, 0) is 60.2 Å². The van der Waals surface area contributed by atoms with Gasteiger partial charge in [0.2, 0.25) is 0 Å². The molecule has 2 aliphatic heterocycles. The SMILES string of the molecule is CC1(C)CC2CC(C)(CN2CCC(=O)O)C1.CC1(C)CC2CC(C)(CN2CCC(O)(P(=O)(O)O)P(=O)(O)O)C1.Cl. The highest BCUT2D eigenvalue weighted by atomic mass is 35.5. The Morgan fingerprint density at radius 1 is 0.775 bits per heavy atom. The summed E-state index contributed by atoms with van der Waals surface area (Å²) in [5.74, 6) is -0.675. The second-order valence-electron chi connectivity index (χ2n) is 15.1. The molecule has 0 aromatic rings. The fraction of sp³-hybridized carbons (Fsp3) is 0.962. The van der Waals surface area contributed by atoms with Crippen LogP contribution in [0.3, 0.4) is 0 Å². The van der Waals surface area contributed by atoms with Crippen LogP contribution in [0.15, 0.2) is 0 Å². The van der Waals surface area contributed by atoms with Crippen LogP contribution in [0.5, 0.6) is 0 Å². The molecule has 4 aliphatic rings. The largest absolute Gasteiger partial charge is 0.481 e. The molecule has 2 saturated heterocycles. The van der Waals surface area contributed by atoms with E-state index in [1.54, 1.807) is 0 Å². The zero-order valence-corrected chi connectivity index (χ0v) is 27.4. The minimum absolute atomic E-state index is 0. The Balaban J connectivity index is 0.000000290. The smallest absolute Gasteiger partial charge is 0.369 e.